The van der Waals surface area contributed by atoms with Gasteiger partial charge in [-0.15, -0.1) is 0 Å². The topological polar surface area (TPSA) is 85.4 Å². The molecule has 0 bridgehead atoms. The SMILES string of the molecule is COc1ccc(N(CCN2C(=O)c3cccc4c(Br)ccc(c34)C2=O)C(=O)c2cc(OC)cc(OC)c2)cc1. The summed E-state index contributed by atoms with van der Waals surface area (Å²) < 4.78 is 16.8. The lowest BCUT2D eigenvalue weighted by molar-refractivity contribution is 0.0611. The van der Waals surface area contributed by atoms with Crippen LogP contribution in [0.4, 0.5) is 5.69 Å². The third-order valence-electron chi connectivity index (χ3n) is 6.71. The number of carbonyl (C=O) groups is 3. The number of rotatable bonds is 8. The van der Waals surface area contributed by atoms with E-state index in [1.54, 1.807) is 73.8 Å². The molecule has 39 heavy (non-hydrogen) atoms. The minimum atomic E-state index is -0.402. The summed E-state index contributed by atoms with van der Waals surface area (Å²) in [6.45, 7) is 0.0481. The van der Waals surface area contributed by atoms with Crippen molar-refractivity contribution < 1.29 is 28.6 Å². The number of anilines is 1. The molecule has 1 aliphatic rings. The molecule has 9 heteroatoms. The van der Waals surface area contributed by atoms with Crippen LogP contribution in [0.5, 0.6) is 17.2 Å². The predicted molar refractivity (Wildman–Crippen MR) is 151 cm³/mol. The Kier molecular flexibility index (Phi) is 7.26. The summed E-state index contributed by atoms with van der Waals surface area (Å²) >= 11 is 3.51. The van der Waals surface area contributed by atoms with Crippen LogP contribution < -0.4 is 19.1 Å². The zero-order valence-electron chi connectivity index (χ0n) is 21.6. The summed E-state index contributed by atoms with van der Waals surface area (Å²) in [5.74, 6) is 0.407. The first-order valence-corrected chi connectivity index (χ1v) is 12.9. The van der Waals surface area contributed by atoms with Gasteiger partial charge in [0.05, 0.1) is 21.3 Å². The third-order valence-corrected chi connectivity index (χ3v) is 7.40. The second-order valence-corrected chi connectivity index (χ2v) is 9.70. The summed E-state index contributed by atoms with van der Waals surface area (Å²) in [6.07, 6.45) is 0. The number of benzene rings is 4. The van der Waals surface area contributed by atoms with Gasteiger partial charge in [-0.25, -0.2) is 0 Å². The van der Waals surface area contributed by atoms with Gasteiger partial charge in [0.1, 0.15) is 17.2 Å². The third kappa shape index (κ3) is 4.81. The Morgan fingerprint density at radius 3 is 2.03 bits per heavy atom. The van der Waals surface area contributed by atoms with E-state index < -0.39 is 11.8 Å². The minimum Gasteiger partial charge on any atom is -0.497 e. The van der Waals surface area contributed by atoms with Gasteiger partial charge in [-0.1, -0.05) is 28.1 Å². The van der Waals surface area contributed by atoms with Crippen LogP contribution in [0, 0.1) is 0 Å². The van der Waals surface area contributed by atoms with Crippen LogP contribution in [0.15, 0.2) is 77.3 Å². The Balaban J connectivity index is 1.50. The molecule has 0 saturated carbocycles. The summed E-state index contributed by atoms with van der Waals surface area (Å²) in [7, 11) is 4.58. The van der Waals surface area contributed by atoms with Crippen LogP contribution in [-0.4, -0.2) is 57.0 Å². The average Bonchev–Trinajstić information content (AvgIpc) is 2.97. The molecule has 0 N–H and O–H groups in total. The zero-order chi connectivity index (χ0) is 27.7. The smallest absolute Gasteiger partial charge is 0.261 e. The molecule has 0 radical (unpaired) electrons. The van der Waals surface area contributed by atoms with Crippen molar-refractivity contribution in [3.63, 3.8) is 0 Å². The van der Waals surface area contributed by atoms with Crippen LogP contribution >= 0.6 is 15.9 Å². The fourth-order valence-electron chi connectivity index (χ4n) is 4.71. The molecule has 1 heterocycles. The van der Waals surface area contributed by atoms with Crippen molar-refractivity contribution >= 4 is 50.1 Å². The monoisotopic (exact) mass is 588 g/mol. The largest absolute Gasteiger partial charge is 0.497 e. The standard InChI is InChI=1S/C30H25BrN2O6/c1-37-20-9-7-19(8-10-20)32(28(34)18-15-21(38-2)17-22(16-18)39-3)13-14-33-29(35)24-6-4-5-23-26(31)12-11-25(27(23)24)30(33)36/h4-12,15-17H,13-14H2,1-3H3. The molecule has 1 aliphatic heterocycles. The van der Waals surface area contributed by atoms with Crippen LogP contribution in [0.25, 0.3) is 10.8 Å². The highest BCUT2D eigenvalue weighted by Gasteiger charge is 2.34. The molecule has 0 saturated heterocycles. The van der Waals surface area contributed by atoms with E-state index in [0.717, 1.165) is 9.86 Å². The molecular formula is C30H25BrN2O6. The maximum Gasteiger partial charge on any atom is 0.261 e. The number of hydrogen-bond acceptors (Lipinski definition) is 6. The van der Waals surface area contributed by atoms with Crippen molar-refractivity contribution in [1.29, 1.82) is 0 Å². The Hall–Kier alpha value is -4.37. The number of carbonyl (C=O) groups excluding carboxylic acids is 3. The molecule has 0 spiro atoms. The van der Waals surface area contributed by atoms with E-state index in [1.165, 1.54) is 24.0 Å². The number of methoxy groups -OCH3 is 3. The fraction of sp³-hybridized carbons (Fsp3) is 0.167. The van der Waals surface area contributed by atoms with Crippen molar-refractivity contribution in [2.75, 3.05) is 39.3 Å². The Bertz CT molecular complexity index is 1560. The lowest BCUT2D eigenvalue weighted by Gasteiger charge is -2.30. The number of amides is 3. The molecule has 198 valence electrons. The molecule has 0 aromatic heterocycles. The molecule has 0 fully saturated rings. The second kappa shape index (κ2) is 10.8. The summed E-state index contributed by atoms with van der Waals surface area (Å²) in [4.78, 5) is 43.6. The number of imide groups is 1. The first kappa shape index (κ1) is 26.2. The van der Waals surface area contributed by atoms with E-state index in [0.29, 0.717) is 45.0 Å². The van der Waals surface area contributed by atoms with Crippen molar-refractivity contribution in [1.82, 2.24) is 4.90 Å². The Labute approximate surface area is 233 Å². The van der Waals surface area contributed by atoms with Gasteiger partial charge in [0.15, 0.2) is 0 Å². The molecule has 0 aliphatic carbocycles. The molecular weight excluding hydrogens is 564 g/mol. The van der Waals surface area contributed by atoms with Gasteiger partial charge in [-0.3, -0.25) is 19.3 Å². The maximum atomic E-state index is 13.9. The molecule has 4 aromatic rings. The number of halogens is 1. The second-order valence-electron chi connectivity index (χ2n) is 8.84. The number of ether oxygens (including phenoxy) is 3. The number of hydrogen-bond donors (Lipinski definition) is 0. The summed E-state index contributed by atoms with van der Waals surface area (Å²) in [5, 5.41) is 1.43. The summed E-state index contributed by atoms with van der Waals surface area (Å²) in [6, 6.07) is 20.8. The maximum absolute atomic E-state index is 13.9. The lowest BCUT2D eigenvalue weighted by Crippen LogP contribution is -2.46. The quantitative estimate of drug-likeness (QED) is 0.250. The molecule has 0 atom stereocenters. The van der Waals surface area contributed by atoms with Gasteiger partial charge < -0.3 is 19.1 Å². The highest BCUT2D eigenvalue weighted by atomic mass is 79.9. The molecule has 8 nitrogen and oxygen atoms in total. The van der Waals surface area contributed by atoms with Crippen molar-refractivity contribution in [3.05, 3.63) is 94.0 Å². The van der Waals surface area contributed by atoms with Gasteiger partial charge >= 0.3 is 0 Å². The zero-order valence-corrected chi connectivity index (χ0v) is 23.2. The van der Waals surface area contributed by atoms with Gasteiger partial charge in [0.25, 0.3) is 17.7 Å². The van der Waals surface area contributed by atoms with Gasteiger partial charge in [-0.05, 0) is 60.0 Å². The first-order chi connectivity index (χ1) is 18.9. The highest BCUT2D eigenvalue weighted by molar-refractivity contribution is 9.10. The van der Waals surface area contributed by atoms with Crippen molar-refractivity contribution in [2.45, 2.75) is 0 Å². The molecule has 4 aromatic carbocycles. The highest BCUT2D eigenvalue weighted by Crippen LogP contribution is 2.34. The lowest BCUT2D eigenvalue weighted by atomic mass is 9.94. The minimum absolute atomic E-state index is 0.0115. The van der Waals surface area contributed by atoms with E-state index in [4.69, 9.17) is 14.2 Å². The summed E-state index contributed by atoms with van der Waals surface area (Å²) in [5.41, 5.74) is 1.80. The average molecular weight is 589 g/mol. The van der Waals surface area contributed by atoms with Gasteiger partial charge in [0, 0.05) is 51.4 Å². The van der Waals surface area contributed by atoms with Crippen LogP contribution in [0.2, 0.25) is 0 Å². The van der Waals surface area contributed by atoms with Crippen LogP contribution in [-0.2, 0) is 0 Å². The van der Waals surface area contributed by atoms with Gasteiger partial charge in [-0.2, -0.15) is 0 Å². The van der Waals surface area contributed by atoms with Crippen LogP contribution in [0.3, 0.4) is 0 Å². The molecule has 0 unspecified atom stereocenters. The Morgan fingerprint density at radius 2 is 1.41 bits per heavy atom. The van der Waals surface area contributed by atoms with Crippen LogP contribution in [0.1, 0.15) is 31.1 Å². The van der Waals surface area contributed by atoms with Gasteiger partial charge in [0.2, 0.25) is 0 Å². The van der Waals surface area contributed by atoms with E-state index in [1.807, 2.05) is 6.07 Å². The Morgan fingerprint density at radius 1 is 0.795 bits per heavy atom. The van der Waals surface area contributed by atoms with E-state index >= 15 is 0 Å². The first-order valence-electron chi connectivity index (χ1n) is 12.1. The predicted octanol–water partition coefficient (Wildman–Crippen LogP) is 5.57. The molecule has 5 rings (SSSR count). The van der Waals surface area contributed by atoms with E-state index in [-0.39, 0.29) is 19.0 Å². The molecule has 3 amide bonds. The van der Waals surface area contributed by atoms with E-state index in [9.17, 15) is 14.4 Å². The van der Waals surface area contributed by atoms with Crippen molar-refractivity contribution in [2.24, 2.45) is 0 Å². The fourth-order valence-corrected chi connectivity index (χ4v) is 5.17. The van der Waals surface area contributed by atoms with E-state index in [2.05, 4.69) is 15.9 Å². The van der Waals surface area contributed by atoms with Crippen molar-refractivity contribution in [3.8, 4) is 17.2 Å². The normalized spacial score (nSPS) is 12.5. The number of nitrogens with zero attached hydrogens (tertiary/aromatic N) is 2.